The molecule has 0 aliphatic heterocycles. The lowest BCUT2D eigenvalue weighted by Gasteiger charge is -2.37. The Morgan fingerprint density at radius 1 is 0.938 bits per heavy atom. The van der Waals surface area contributed by atoms with Gasteiger partial charge in [0.2, 0.25) is 0 Å². The van der Waals surface area contributed by atoms with Crippen molar-refractivity contribution in [3.05, 3.63) is 59.2 Å². The van der Waals surface area contributed by atoms with Crippen LogP contribution >= 0.6 is 0 Å². The lowest BCUT2D eigenvalue weighted by Crippen LogP contribution is -2.43. The summed E-state index contributed by atoms with van der Waals surface area (Å²) in [5.74, 6) is 1.70. The third-order valence-electron chi connectivity index (χ3n) is 6.72. The summed E-state index contributed by atoms with van der Waals surface area (Å²) < 4.78 is 17.9. The molecule has 0 radical (unpaired) electrons. The zero-order valence-corrected chi connectivity index (χ0v) is 22.4. The van der Waals surface area contributed by atoms with E-state index in [1.165, 1.54) is 5.56 Å². The Kier molecular flexibility index (Phi) is 9.80. The fourth-order valence-corrected chi connectivity index (χ4v) is 4.48. The van der Waals surface area contributed by atoms with Crippen LogP contribution in [0, 0.1) is 6.92 Å². The number of unbranched alkanes of at least 4 members (excludes halogenated alkanes) is 1. The maximum absolute atomic E-state index is 6.61. The quantitative estimate of drug-likeness (QED) is 0.285. The van der Waals surface area contributed by atoms with Crippen molar-refractivity contribution in [3.63, 3.8) is 0 Å². The Morgan fingerprint density at radius 3 is 2.06 bits per heavy atom. The van der Waals surface area contributed by atoms with Gasteiger partial charge in [0, 0.05) is 5.56 Å². The molecule has 0 aliphatic rings. The molecule has 0 saturated carbocycles. The predicted molar refractivity (Wildman–Crippen MR) is 138 cm³/mol. The van der Waals surface area contributed by atoms with Gasteiger partial charge in [-0.1, -0.05) is 51.1 Å². The highest BCUT2D eigenvalue weighted by Crippen LogP contribution is 2.38. The molecule has 32 heavy (non-hydrogen) atoms. The molecule has 0 bridgehead atoms. The molecule has 5 heteroatoms. The van der Waals surface area contributed by atoms with Gasteiger partial charge in [0.05, 0.1) is 26.9 Å². The van der Waals surface area contributed by atoms with Crippen LogP contribution in [0.3, 0.4) is 0 Å². The molecule has 0 amide bonds. The summed E-state index contributed by atoms with van der Waals surface area (Å²) in [6, 6.07) is 15.0. The van der Waals surface area contributed by atoms with Gasteiger partial charge in [0.25, 0.3) is 0 Å². The molecule has 2 rings (SSSR count). The first-order valence-electron chi connectivity index (χ1n) is 11.7. The molecule has 0 heterocycles. The van der Waals surface area contributed by atoms with E-state index in [-0.39, 0.29) is 11.1 Å². The molecule has 178 valence electrons. The normalized spacial score (nSPS) is 13.1. The van der Waals surface area contributed by atoms with Crippen LogP contribution in [0.5, 0.6) is 11.5 Å². The minimum Gasteiger partial charge on any atom is -0.496 e. The molecule has 2 aromatic rings. The van der Waals surface area contributed by atoms with E-state index in [2.05, 4.69) is 81.6 Å². The van der Waals surface area contributed by atoms with Crippen molar-refractivity contribution in [1.82, 2.24) is 5.32 Å². The number of methoxy groups -OCH3 is 2. The standard InChI is InChI=1S/C27H43NO3Si/c1-21-25(29-5)18-23(19-26(21)30-6)24(20-31-32(7,8)27(2,3)4)28-17-13-12-16-22-14-10-9-11-15-22/h9-11,14-15,18-19,24,28H,12-13,16-17,20H2,1-8H3. The monoisotopic (exact) mass is 457 g/mol. The molecule has 1 N–H and O–H groups in total. The van der Waals surface area contributed by atoms with Crippen molar-refractivity contribution < 1.29 is 13.9 Å². The first kappa shape index (κ1) is 26.4. The van der Waals surface area contributed by atoms with Gasteiger partial charge >= 0.3 is 0 Å². The third kappa shape index (κ3) is 7.36. The van der Waals surface area contributed by atoms with Gasteiger partial charge < -0.3 is 19.2 Å². The first-order chi connectivity index (χ1) is 15.1. The number of ether oxygens (including phenoxy) is 2. The van der Waals surface area contributed by atoms with Crippen LogP contribution in [-0.4, -0.2) is 35.7 Å². The van der Waals surface area contributed by atoms with Crippen molar-refractivity contribution in [2.75, 3.05) is 27.4 Å². The lowest BCUT2D eigenvalue weighted by molar-refractivity contribution is 0.243. The smallest absolute Gasteiger partial charge is 0.192 e. The average Bonchev–Trinajstić information content (AvgIpc) is 2.75. The summed E-state index contributed by atoms with van der Waals surface area (Å²) in [6.07, 6.45) is 3.39. The molecule has 1 unspecified atom stereocenters. The minimum atomic E-state index is -1.86. The number of aryl methyl sites for hydroxylation is 1. The highest BCUT2D eigenvalue weighted by molar-refractivity contribution is 6.74. The topological polar surface area (TPSA) is 39.7 Å². The summed E-state index contributed by atoms with van der Waals surface area (Å²) >= 11 is 0. The van der Waals surface area contributed by atoms with Crippen molar-refractivity contribution in [3.8, 4) is 11.5 Å². The Bertz CT molecular complexity index is 806. The van der Waals surface area contributed by atoms with Gasteiger partial charge in [0.15, 0.2) is 8.32 Å². The second-order valence-corrected chi connectivity index (χ2v) is 14.9. The Morgan fingerprint density at radius 2 is 1.53 bits per heavy atom. The molecular weight excluding hydrogens is 414 g/mol. The number of nitrogens with one attached hydrogen (secondary N) is 1. The third-order valence-corrected chi connectivity index (χ3v) is 11.2. The fraction of sp³-hybridized carbons (Fsp3) is 0.556. The molecule has 0 spiro atoms. The lowest BCUT2D eigenvalue weighted by atomic mass is 10.0. The van der Waals surface area contributed by atoms with Gasteiger partial charge in [-0.05, 0) is 74.1 Å². The Balaban J connectivity index is 2.10. The average molecular weight is 458 g/mol. The second-order valence-electron chi connectivity index (χ2n) is 10.1. The van der Waals surface area contributed by atoms with Crippen LogP contribution in [0.15, 0.2) is 42.5 Å². The summed E-state index contributed by atoms with van der Waals surface area (Å²) in [5.41, 5.74) is 3.56. The second kappa shape index (κ2) is 11.9. The zero-order chi connectivity index (χ0) is 23.8. The zero-order valence-electron chi connectivity index (χ0n) is 21.4. The molecule has 0 aliphatic carbocycles. The van der Waals surface area contributed by atoms with E-state index in [0.717, 1.165) is 48.4 Å². The van der Waals surface area contributed by atoms with Crippen LogP contribution in [0.25, 0.3) is 0 Å². The SMILES string of the molecule is COc1cc(C(CO[Si](C)(C)C(C)(C)C)NCCCCc2ccccc2)cc(OC)c1C. The van der Waals surface area contributed by atoms with E-state index in [0.29, 0.717) is 6.61 Å². The number of benzene rings is 2. The minimum absolute atomic E-state index is 0.0873. The van der Waals surface area contributed by atoms with Crippen LogP contribution in [0.4, 0.5) is 0 Å². The first-order valence-corrected chi connectivity index (χ1v) is 14.6. The molecule has 0 aromatic heterocycles. The van der Waals surface area contributed by atoms with E-state index in [9.17, 15) is 0 Å². The number of rotatable bonds is 12. The summed E-state index contributed by atoms with van der Waals surface area (Å²) in [5, 5.41) is 3.93. The van der Waals surface area contributed by atoms with E-state index >= 15 is 0 Å². The van der Waals surface area contributed by atoms with Crippen LogP contribution in [0.1, 0.15) is 56.3 Å². The summed E-state index contributed by atoms with van der Waals surface area (Å²) in [4.78, 5) is 0. The molecule has 1 atom stereocenters. The Labute approximate surface area is 196 Å². The number of hydrogen-bond acceptors (Lipinski definition) is 4. The van der Waals surface area contributed by atoms with E-state index in [1.807, 2.05) is 6.92 Å². The van der Waals surface area contributed by atoms with Crippen molar-refractivity contribution >= 4 is 8.32 Å². The van der Waals surface area contributed by atoms with Crippen molar-refractivity contribution in [2.45, 2.75) is 71.1 Å². The largest absolute Gasteiger partial charge is 0.496 e. The number of hydrogen-bond donors (Lipinski definition) is 1. The highest BCUT2D eigenvalue weighted by atomic mass is 28.4. The maximum atomic E-state index is 6.61. The molecule has 4 nitrogen and oxygen atoms in total. The maximum Gasteiger partial charge on any atom is 0.192 e. The van der Waals surface area contributed by atoms with E-state index in [1.54, 1.807) is 14.2 Å². The predicted octanol–water partition coefficient (Wildman–Crippen LogP) is 6.69. The van der Waals surface area contributed by atoms with Crippen LogP contribution in [-0.2, 0) is 10.8 Å². The summed E-state index contributed by atoms with van der Waals surface area (Å²) in [7, 11) is 1.57. The van der Waals surface area contributed by atoms with E-state index in [4.69, 9.17) is 13.9 Å². The van der Waals surface area contributed by atoms with Gasteiger partial charge in [-0.2, -0.15) is 0 Å². The van der Waals surface area contributed by atoms with Gasteiger partial charge in [0.1, 0.15) is 11.5 Å². The Hall–Kier alpha value is -1.82. The molecular formula is C27H43NO3Si. The molecule has 0 fully saturated rings. The highest BCUT2D eigenvalue weighted by Gasteiger charge is 2.37. The van der Waals surface area contributed by atoms with Crippen molar-refractivity contribution in [2.24, 2.45) is 0 Å². The molecule has 2 aromatic carbocycles. The van der Waals surface area contributed by atoms with Gasteiger partial charge in [-0.15, -0.1) is 0 Å². The van der Waals surface area contributed by atoms with Crippen LogP contribution < -0.4 is 14.8 Å². The van der Waals surface area contributed by atoms with Gasteiger partial charge in [-0.3, -0.25) is 0 Å². The van der Waals surface area contributed by atoms with Crippen molar-refractivity contribution in [1.29, 1.82) is 0 Å². The van der Waals surface area contributed by atoms with Crippen LogP contribution in [0.2, 0.25) is 18.1 Å². The molecule has 0 saturated heterocycles. The fourth-order valence-electron chi connectivity index (χ4n) is 3.46. The van der Waals surface area contributed by atoms with Gasteiger partial charge in [-0.25, -0.2) is 0 Å². The van der Waals surface area contributed by atoms with E-state index < -0.39 is 8.32 Å². The summed E-state index contributed by atoms with van der Waals surface area (Å²) in [6.45, 7) is 15.1.